The van der Waals surface area contributed by atoms with Gasteiger partial charge in [-0.05, 0) is 25.8 Å². The molecule has 1 N–H and O–H groups in total. The number of nitro groups is 1. The van der Waals surface area contributed by atoms with Crippen LogP contribution in [-0.4, -0.2) is 18.0 Å². The monoisotopic (exact) mass is 248 g/mol. The van der Waals surface area contributed by atoms with Gasteiger partial charge in [-0.15, -0.1) is 0 Å². The van der Waals surface area contributed by atoms with Gasteiger partial charge in [-0.25, -0.2) is 0 Å². The van der Waals surface area contributed by atoms with E-state index in [9.17, 15) is 10.1 Å². The topological polar surface area (TPSA) is 55.2 Å². The van der Waals surface area contributed by atoms with Gasteiger partial charge < -0.3 is 5.32 Å². The van der Waals surface area contributed by atoms with E-state index >= 15 is 0 Å². The summed E-state index contributed by atoms with van der Waals surface area (Å²) in [6.45, 7) is 0. The number of para-hydroxylation sites is 1. The molecule has 2 rings (SSSR count). The van der Waals surface area contributed by atoms with E-state index in [0.717, 1.165) is 24.3 Å². The summed E-state index contributed by atoms with van der Waals surface area (Å²) < 4.78 is 0. The van der Waals surface area contributed by atoms with Gasteiger partial charge in [-0.3, -0.25) is 10.1 Å². The third-order valence-corrected chi connectivity index (χ3v) is 3.91. The van der Waals surface area contributed by atoms with Crippen LogP contribution < -0.4 is 5.32 Å². The van der Waals surface area contributed by atoms with Crippen LogP contribution in [0, 0.1) is 16.0 Å². The first-order chi connectivity index (χ1) is 8.70. The Hall–Kier alpha value is -1.42. The highest BCUT2D eigenvalue weighted by molar-refractivity contribution is 5.40. The lowest BCUT2D eigenvalue weighted by Gasteiger charge is -2.29. The molecule has 18 heavy (non-hydrogen) atoms. The molecule has 1 atom stereocenters. The summed E-state index contributed by atoms with van der Waals surface area (Å²) in [5, 5.41) is 14.3. The van der Waals surface area contributed by atoms with Crippen molar-refractivity contribution in [2.45, 2.75) is 38.1 Å². The third-order valence-electron chi connectivity index (χ3n) is 3.91. The molecular weight excluding hydrogens is 228 g/mol. The molecule has 1 fully saturated rings. The predicted octanol–water partition coefficient (Wildman–Crippen LogP) is 2.92. The SMILES string of the molecule is CNC(Cc1ccccc1[N+](=O)[O-])CC1CCC1. The highest BCUT2D eigenvalue weighted by Gasteiger charge is 2.23. The fourth-order valence-electron chi connectivity index (χ4n) is 2.56. The molecule has 4 heteroatoms. The minimum absolute atomic E-state index is 0.242. The third kappa shape index (κ3) is 3.07. The number of hydrogen-bond acceptors (Lipinski definition) is 3. The van der Waals surface area contributed by atoms with E-state index in [1.165, 1.54) is 19.3 Å². The van der Waals surface area contributed by atoms with E-state index in [1.807, 2.05) is 19.2 Å². The molecule has 4 nitrogen and oxygen atoms in total. The van der Waals surface area contributed by atoms with Crippen molar-refractivity contribution >= 4 is 5.69 Å². The van der Waals surface area contributed by atoms with Crippen molar-refractivity contribution in [3.05, 3.63) is 39.9 Å². The lowest BCUT2D eigenvalue weighted by molar-refractivity contribution is -0.385. The summed E-state index contributed by atoms with van der Waals surface area (Å²) in [4.78, 5) is 10.7. The van der Waals surface area contributed by atoms with Crippen LogP contribution in [-0.2, 0) is 6.42 Å². The zero-order valence-electron chi connectivity index (χ0n) is 10.8. The lowest BCUT2D eigenvalue weighted by Crippen LogP contribution is -2.32. The maximum Gasteiger partial charge on any atom is 0.272 e. The number of nitrogens with one attached hydrogen (secondary N) is 1. The van der Waals surface area contributed by atoms with Crippen molar-refractivity contribution in [3.63, 3.8) is 0 Å². The van der Waals surface area contributed by atoms with Gasteiger partial charge in [0.2, 0.25) is 0 Å². The van der Waals surface area contributed by atoms with Crippen molar-refractivity contribution in [1.29, 1.82) is 0 Å². The van der Waals surface area contributed by atoms with Gasteiger partial charge in [0.05, 0.1) is 4.92 Å². The minimum atomic E-state index is -0.286. The quantitative estimate of drug-likeness (QED) is 0.622. The molecule has 1 aromatic rings. The van der Waals surface area contributed by atoms with E-state index < -0.39 is 0 Å². The summed E-state index contributed by atoms with van der Waals surface area (Å²) in [7, 11) is 1.94. The van der Waals surface area contributed by atoms with Crippen molar-refractivity contribution in [1.82, 2.24) is 5.32 Å². The maximum absolute atomic E-state index is 11.0. The first-order valence-corrected chi connectivity index (χ1v) is 6.60. The van der Waals surface area contributed by atoms with Crippen LogP contribution in [0.2, 0.25) is 0 Å². The number of likely N-dealkylation sites (N-methyl/N-ethyl adjacent to an activating group) is 1. The van der Waals surface area contributed by atoms with Crippen LogP contribution in [0.1, 0.15) is 31.2 Å². The summed E-state index contributed by atoms with van der Waals surface area (Å²) in [5.41, 5.74) is 1.08. The number of rotatable bonds is 6. The Morgan fingerprint density at radius 2 is 2.17 bits per heavy atom. The number of benzene rings is 1. The molecule has 0 bridgehead atoms. The molecule has 1 unspecified atom stereocenters. The molecule has 1 aliphatic carbocycles. The van der Waals surface area contributed by atoms with Gasteiger partial charge in [0.25, 0.3) is 5.69 Å². The highest BCUT2D eigenvalue weighted by Crippen LogP contribution is 2.31. The second-order valence-electron chi connectivity index (χ2n) is 5.11. The first kappa shape index (κ1) is 13.0. The summed E-state index contributed by atoms with van der Waals surface area (Å²) in [6.07, 6.45) is 5.84. The molecule has 0 radical (unpaired) electrons. The highest BCUT2D eigenvalue weighted by atomic mass is 16.6. The maximum atomic E-state index is 11.0. The Morgan fingerprint density at radius 1 is 1.44 bits per heavy atom. The number of hydrogen-bond donors (Lipinski definition) is 1. The van der Waals surface area contributed by atoms with E-state index in [0.29, 0.717) is 6.04 Å². The van der Waals surface area contributed by atoms with Crippen LogP contribution in [0.25, 0.3) is 0 Å². The summed E-state index contributed by atoms with van der Waals surface area (Å²) >= 11 is 0. The average Bonchev–Trinajstić information content (AvgIpc) is 2.32. The summed E-state index contributed by atoms with van der Waals surface area (Å²) in [6, 6.07) is 7.39. The average molecular weight is 248 g/mol. The Bertz CT molecular complexity index is 416. The fraction of sp³-hybridized carbons (Fsp3) is 0.571. The van der Waals surface area contributed by atoms with Crippen molar-refractivity contribution in [3.8, 4) is 0 Å². The van der Waals surface area contributed by atoms with Gasteiger partial charge in [0, 0.05) is 17.7 Å². The van der Waals surface area contributed by atoms with Crippen LogP contribution in [0.4, 0.5) is 5.69 Å². The lowest BCUT2D eigenvalue weighted by atomic mass is 9.80. The van der Waals surface area contributed by atoms with E-state index in [1.54, 1.807) is 12.1 Å². The normalized spacial score (nSPS) is 17.2. The van der Waals surface area contributed by atoms with Crippen LogP contribution in [0.3, 0.4) is 0 Å². The zero-order chi connectivity index (χ0) is 13.0. The van der Waals surface area contributed by atoms with Crippen molar-refractivity contribution in [2.24, 2.45) is 5.92 Å². The first-order valence-electron chi connectivity index (χ1n) is 6.60. The molecule has 0 heterocycles. The molecule has 0 aromatic heterocycles. The number of nitro benzene ring substituents is 1. The van der Waals surface area contributed by atoms with Gasteiger partial charge >= 0.3 is 0 Å². The van der Waals surface area contributed by atoms with Gasteiger partial charge in [-0.2, -0.15) is 0 Å². The number of nitrogens with zero attached hydrogens (tertiary/aromatic N) is 1. The largest absolute Gasteiger partial charge is 0.317 e. The summed E-state index contributed by atoms with van der Waals surface area (Å²) in [5.74, 6) is 0.810. The van der Waals surface area contributed by atoms with Gasteiger partial charge in [-0.1, -0.05) is 37.5 Å². The minimum Gasteiger partial charge on any atom is -0.317 e. The van der Waals surface area contributed by atoms with Crippen molar-refractivity contribution in [2.75, 3.05) is 7.05 Å². The van der Waals surface area contributed by atoms with Gasteiger partial charge in [0.1, 0.15) is 0 Å². The molecular formula is C14H20N2O2. The molecule has 1 aromatic carbocycles. The van der Waals surface area contributed by atoms with Gasteiger partial charge in [0.15, 0.2) is 0 Å². The fourth-order valence-corrected chi connectivity index (χ4v) is 2.56. The molecule has 0 aliphatic heterocycles. The Morgan fingerprint density at radius 3 is 2.72 bits per heavy atom. The Kier molecular flexibility index (Phi) is 4.31. The Labute approximate surface area is 108 Å². The second kappa shape index (κ2) is 5.96. The van der Waals surface area contributed by atoms with Crippen LogP contribution in [0.5, 0.6) is 0 Å². The standard InChI is InChI=1S/C14H20N2O2/c1-15-13(9-11-5-4-6-11)10-12-7-2-3-8-14(12)16(17)18/h2-3,7-8,11,13,15H,4-6,9-10H2,1H3. The molecule has 0 amide bonds. The molecule has 0 saturated heterocycles. The smallest absolute Gasteiger partial charge is 0.272 e. The van der Waals surface area contributed by atoms with E-state index in [-0.39, 0.29) is 10.6 Å². The Balaban J connectivity index is 2.03. The van der Waals surface area contributed by atoms with Crippen molar-refractivity contribution < 1.29 is 4.92 Å². The molecule has 0 spiro atoms. The zero-order valence-corrected chi connectivity index (χ0v) is 10.8. The van der Waals surface area contributed by atoms with E-state index in [4.69, 9.17) is 0 Å². The van der Waals surface area contributed by atoms with E-state index in [2.05, 4.69) is 5.32 Å². The van der Waals surface area contributed by atoms with Crippen LogP contribution >= 0.6 is 0 Å². The van der Waals surface area contributed by atoms with Crippen LogP contribution in [0.15, 0.2) is 24.3 Å². The predicted molar refractivity (Wildman–Crippen MR) is 71.6 cm³/mol. The molecule has 98 valence electrons. The second-order valence-corrected chi connectivity index (χ2v) is 5.11. The molecule has 1 saturated carbocycles. The molecule has 1 aliphatic rings.